The predicted octanol–water partition coefficient (Wildman–Crippen LogP) is 3.55. The molecule has 136 valence electrons. The molecule has 1 fully saturated rings. The van der Waals surface area contributed by atoms with E-state index in [1.54, 1.807) is 30.3 Å². The average Bonchev–Trinajstić information content (AvgIpc) is 3.09. The van der Waals surface area contributed by atoms with E-state index in [4.69, 9.17) is 44.9 Å². The molecule has 2 heterocycles. The summed E-state index contributed by atoms with van der Waals surface area (Å²) in [6.07, 6.45) is 1.46. The Hall–Kier alpha value is -2.61. The molecule has 0 saturated carbocycles. The molecule has 6 nitrogen and oxygen atoms in total. The fraction of sp³-hybridized carbons (Fsp3) is 0.0556. The molecule has 2 aliphatic heterocycles. The summed E-state index contributed by atoms with van der Waals surface area (Å²) >= 11 is 17.1. The minimum atomic E-state index is -0.584. The number of ether oxygens (including phenoxy) is 2. The Morgan fingerprint density at radius 3 is 2.59 bits per heavy atom. The third kappa shape index (κ3) is 3.25. The average molecular weight is 421 g/mol. The van der Waals surface area contributed by atoms with Crippen LogP contribution in [0.2, 0.25) is 10.0 Å². The van der Waals surface area contributed by atoms with E-state index in [0.29, 0.717) is 27.8 Å². The van der Waals surface area contributed by atoms with Crippen molar-refractivity contribution in [3.8, 4) is 11.5 Å². The molecular weight excluding hydrogens is 411 g/mol. The number of halogens is 2. The lowest BCUT2D eigenvalue weighted by Crippen LogP contribution is -2.54. The van der Waals surface area contributed by atoms with Gasteiger partial charge >= 0.3 is 0 Å². The van der Waals surface area contributed by atoms with Gasteiger partial charge in [-0.15, -0.1) is 0 Å². The number of anilines is 1. The van der Waals surface area contributed by atoms with Crippen LogP contribution in [0.4, 0.5) is 5.69 Å². The monoisotopic (exact) mass is 420 g/mol. The number of carbonyl (C=O) groups is 2. The van der Waals surface area contributed by atoms with Gasteiger partial charge in [0.1, 0.15) is 5.57 Å². The van der Waals surface area contributed by atoms with Crippen LogP contribution < -0.4 is 19.7 Å². The molecule has 0 atom stereocenters. The first-order chi connectivity index (χ1) is 12.9. The number of fused-ring (bicyclic) bond motifs is 1. The number of nitrogens with zero attached hydrogens (tertiary/aromatic N) is 1. The maximum absolute atomic E-state index is 13.0. The van der Waals surface area contributed by atoms with E-state index in [0.717, 1.165) is 0 Å². The van der Waals surface area contributed by atoms with E-state index in [2.05, 4.69) is 5.32 Å². The Morgan fingerprint density at radius 2 is 1.81 bits per heavy atom. The molecule has 2 aromatic carbocycles. The van der Waals surface area contributed by atoms with Gasteiger partial charge in [-0.25, -0.2) is 0 Å². The van der Waals surface area contributed by atoms with Gasteiger partial charge in [0, 0.05) is 0 Å². The second-order valence-electron chi connectivity index (χ2n) is 5.67. The molecule has 0 aliphatic carbocycles. The summed E-state index contributed by atoms with van der Waals surface area (Å²) in [5, 5.41) is 3.09. The number of amides is 2. The van der Waals surface area contributed by atoms with Crippen LogP contribution in [0.25, 0.3) is 6.08 Å². The van der Waals surface area contributed by atoms with Gasteiger partial charge in [0.05, 0.1) is 15.7 Å². The largest absolute Gasteiger partial charge is 0.454 e. The standard InChI is InChI=1S/C18H10Cl2N2O4S/c19-12-3-2-10(7-13(12)20)22-17(24)11(16(23)21-18(22)27)5-9-1-4-14-15(6-9)26-8-25-14/h1-7H,8H2,(H,21,23,27). The third-order valence-electron chi connectivity index (χ3n) is 3.97. The maximum atomic E-state index is 13.0. The van der Waals surface area contributed by atoms with Crippen molar-refractivity contribution < 1.29 is 19.1 Å². The normalized spacial score (nSPS) is 17.5. The Bertz CT molecular complexity index is 1040. The van der Waals surface area contributed by atoms with Gasteiger partial charge in [0.25, 0.3) is 11.8 Å². The summed E-state index contributed by atoms with van der Waals surface area (Å²) in [6, 6.07) is 9.76. The molecule has 4 rings (SSSR count). The van der Waals surface area contributed by atoms with Gasteiger partial charge in [-0.2, -0.15) is 0 Å². The summed E-state index contributed by atoms with van der Waals surface area (Å²) < 4.78 is 10.6. The number of rotatable bonds is 2. The Morgan fingerprint density at radius 1 is 1.04 bits per heavy atom. The molecule has 2 amide bonds. The highest BCUT2D eigenvalue weighted by atomic mass is 35.5. The summed E-state index contributed by atoms with van der Waals surface area (Å²) in [6.45, 7) is 0.133. The van der Waals surface area contributed by atoms with Crippen molar-refractivity contribution in [2.45, 2.75) is 0 Å². The summed E-state index contributed by atoms with van der Waals surface area (Å²) in [5.41, 5.74) is 0.934. The number of hydrogen-bond acceptors (Lipinski definition) is 5. The van der Waals surface area contributed by atoms with E-state index in [1.165, 1.54) is 17.0 Å². The first-order valence-electron chi connectivity index (χ1n) is 7.70. The van der Waals surface area contributed by atoms with Crippen molar-refractivity contribution in [2.24, 2.45) is 0 Å². The SMILES string of the molecule is O=C1NC(=S)N(c2ccc(Cl)c(Cl)c2)C(=O)C1=Cc1ccc2c(c1)OCO2. The Kier molecular flexibility index (Phi) is 4.51. The van der Waals surface area contributed by atoms with Crippen molar-refractivity contribution in [1.82, 2.24) is 5.32 Å². The van der Waals surface area contributed by atoms with Crippen LogP contribution in [0.3, 0.4) is 0 Å². The number of nitrogens with one attached hydrogen (secondary N) is 1. The topological polar surface area (TPSA) is 67.9 Å². The van der Waals surface area contributed by atoms with Crippen LogP contribution in [-0.2, 0) is 9.59 Å². The molecule has 1 saturated heterocycles. The Balaban J connectivity index is 1.72. The molecule has 0 aromatic heterocycles. The zero-order chi connectivity index (χ0) is 19.1. The van der Waals surface area contributed by atoms with Crippen LogP contribution in [0, 0.1) is 0 Å². The lowest BCUT2D eigenvalue weighted by Gasteiger charge is -2.29. The highest BCUT2D eigenvalue weighted by Crippen LogP contribution is 2.34. The van der Waals surface area contributed by atoms with Gasteiger partial charge in [-0.1, -0.05) is 29.3 Å². The summed E-state index contributed by atoms with van der Waals surface area (Å²) in [7, 11) is 0. The maximum Gasteiger partial charge on any atom is 0.270 e. The molecule has 27 heavy (non-hydrogen) atoms. The second-order valence-corrected chi connectivity index (χ2v) is 6.87. The molecule has 9 heteroatoms. The van der Waals surface area contributed by atoms with Gasteiger partial charge in [-0.3, -0.25) is 19.8 Å². The second kappa shape index (κ2) is 6.84. The van der Waals surface area contributed by atoms with Crippen LogP contribution in [0.15, 0.2) is 42.0 Å². The molecule has 1 N–H and O–H groups in total. The molecule has 0 unspecified atom stereocenters. The number of hydrogen-bond donors (Lipinski definition) is 1. The lowest BCUT2D eigenvalue weighted by atomic mass is 10.1. The van der Waals surface area contributed by atoms with E-state index >= 15 is 0 Å². The molecule has 0 bridgehead atoms. The zero-order valence-corrected chi connectivity index (χ0v) is 15.8. The van der Waals surface area contributed by atoms with Gasteiger partial charge in [0.2, 0.25) is 6.79 Å². The van der Waals surface area contributed by atoms with Crippen molar-refractivity contribution in [2.75, 3.05) is 11.7 Å². The minimum Gasteiger partial charge on any atom is -0.454 e. The quantitative estimate of drug-likeness (QED) is 0.457. The fourth-order valence-corrected chi connectivity index (χ4v) is 3.26. The molecular formula is C18H10Cl2N2O4S. The van der Waals surface area contributed by atoms with Gasteiger partial charge in [0.15, 0.2) is 16.6 Å². The number of thiocarbonyl (C=S) groups is 1. The molecule has 2 aliphatic rings. The summed E-state index contributed by atoms with van der Waals surface area (Å²) in [4.78, 5) is 26.5. The third-order valence-corrected chi connectivity index (χ3v) is 4.99. The van der Waals surface area contributed by atoms with Crippen molar-refractivity contribution in [1.29, 1.82) is 0 Å². The first-order valence-corrected chi connectivity index (χ1v) is 8.86. The molecule has 2 aromatic rings. The zero-order valence-electron chi connectivity index (χ0n) is 13.5. The van der Waals surface area contributed by atoms with Crippen molar-refractivity contribution in [3.05, 3.63) is 57.6 Å². The smallest absolute Gasteiger partial charge is 0.270 e. The first kappa shape index (κ1) is 17.8. The van der Waals surface area contributed by atoms with Crippen LogP contribution >= 0.6 is 35.4 Å². The van der Waals surface area contributed by atoms with Crippen molar-refractivity contribution >= 4 is 64.1 Å². The van der Waals surface area contributed by atoms with Crippen molar-refractivity contribution in [3.63, 3.8) is 0 Å². The van der Waals surface area contributed by atoms with Gasteiger partial charge in [-0.05, 0) is 54.2 Å². The highest BCUT2D eigenvalue weighted by Gasteiger charge is 2.34. The lowest BCUT2D eigenvalue weighted by molar-refractivity contribution is -0.122. The number of benzene rings is 2. The summed E-state index contributed by atoms with van der Waals surface area (Å²) in [5.74, 6) is -0.00107. The van der Waals surface area contributed by atoms with Crippen LogP contribution in [0.1, 0.15) is 5.56 Å². The minimum absolute atomic E-state index is 0.0359. The van der Waals surface area contributed by atoms with Gasteiger partial charge < -0.3 is 9.47 Å². The predicted molar refractivity (Wildman–Crippen MR) is 105 cm³/mol. The van der Waals surface area contributed by atoms with E-state index < -0.39 is 11.8 Å². The highest BCUT2D eigenvalue weighted by molar-refractivity contribution is 7.80. The van der Waals surface area contributed by atoms with E-state index in [9.17, 15) is 9.59 Å². The van der Waals surface area contributed by atoms with Crippen LogP contribution in [0.5, 0.6) is 11.5 Å². The molecule has 0 radical (unpaired) electrons. The Labute approximate surface area is 169 Å². The van der Waals surface area contributed by atoms with Crippen LogP contribution in [-0.4, -0.2) is 23.7 Å². The number of carbonyl (C=O) groups excluding carboxylic acids is 2. The molecule has 0 spiro atoms. The fourth-order valence-electron chi connectivity index (χ4n) is 2.69. The van der Waals surface area contributed by atoms with E-state index in [1.807, 2.05) is 0 Å². The van der Waals surface area contributed by atoms with E-state index in [-0.39, 0.29) is 22.5 Å².